The fourth-order valence-corrected chi connectivity index (χ4v) is 3.06. The maximum absolute atomic E-state index is 11.2. The summed E-state index contributed by atoms with van der Waals surface area (Å²) in [6, 6.07) is 13.2. The van der Waals surface area contributed by atoms with Crippen LogP contribution in [0, 0.1) is 4.91 Å². The Morgan fingerprint density at radius 2 is 2.04 bits per heavy atom. The van der Waals surface area contributed by atoms with Crippen molar-refractivity contribution in [3.63, 3.8) is 0 Å². The number of fused-ring (bicyclic) bond motifs is 1. The summed E-state index contributed by atoms with van der Waals surface area (Å²) in [5, 5.41) is 14.1. The lowest BCUT2D eigenvalue weighted by Crippen LogP contribution is -2.03. The largest absolute Gasteiger partial charge is 0.493 e. The van der Waals surface area contributed by atoms with Gasteiger partial charge in [-0.3, -0.25) is 0 Å². The van der Waals surface area contributed by atoms with E-state index in [-0.39, 0.29) is 11.6 Å². The minimum absolute atomic E-state index is 0.0539. The first-order chi connectivity index (χ1) is 11.7. The monoisotopic (exact) mass is 388 g/mol. The molecule has 0 spiro atoms. The summed E-state index contributed by atoms with van der Waals surface area (Å²) < 4.78 is 8.27. The molecule has 124 valence electrons. The van der Waals surface area contributed by atoms with Crippen molar-refractivity contribution in [2.24, 2.45) is 5.18 Å². The molecule has 3 aromatic rings. The highest BCUT2D eigenvalue weighted by Gasteiger charge is 2.19. The first-order valence-electron chi connectivity index (χ1n) is 7.70. The number of para-hydroxylation sites is 1. The van der Waals surface area contributed by atoms with E-state index >= 15 is 0 Å². The van der Waals surface area contributed by atoms with Crippen LogP contribution in [0.15, 0.2) is 52.1 Å². The van der Waals surface area contributed by atoms with E-state index in [4.69, 9.17) is 4.74 Å². The zero-order valence-corrected chi connectivity index (χ0v) is 14.8. The fraction of sp³-hybridized carbons (Fsp3) is 0.222. The number of aromatic hydroxyl groups is 1. The smallest absolute Gasteiger partial charge is 0.222 e. The second kappa shape index (κ2) is 7.05. The molecule has 1 N–H and O–H groups in total. The topological polar surface area (TPSA) is 63.8 Å². The van der Waals surface area contributed by atoms with E-state index in [1.807, 2.05) is 43.3 Å². The Hall–Kier alpha value is -2.34. The Labute approximate surface area is 148 Å². The lowest BCUT2D eigenvalue weighted by molar-refractivity contribution is 0.313. The molecule has 6 heteroatoms. The summed E-state index contributed by atoms with van der Waals surface area (Å²) in [5.41, 5.74) is 1.73. The van der Waals surface area contributed by atoms with Crippen molar-refractivity contribution < 1.29 is 9.84 Å². The predicted molar refractivity (Wildman–Crippen MR) is 98.1 cm³/mol. The quantitative estimate of drug-likeness (QED) is 0.579. The van der Waals surface area contributed by atoms with Gasteiger partial charge in [0, 0.05) is 15.4 Å². The Balaban J connectivity index is 2.08. The van der Waals surface area contributed by atoms with E-state index in [0.717, 1.165) is 27.7 Å². The van der Waals surface area contributed by atoms with Crippen LogP contribution in [0.2, 0.25) is 0 Å². The van der Waals surface area contributed by atoms with Gasteiger partial charge in [0.15, 0.2) is 5.69 Å². The number of hydrogen-bond acceptors (Lipinski definition) is 4. The average Bonchev–Trinajstić information content (AvgIpc) is 2.85. The second-order valence-corrected chi connectivity index (χ2v) is 6.38. The summed E-state index contributed by atoms with van der Waals surface area (Å²) in [6.07, 6.45) is 0.916. The standard InChI is InChI=1S/C18H17BrN2O3/c1-2-9-24-16-6-4-3-5-12(16)11-21-15-8-7-13(19)10-14(15)17(20-23)18(21)22/h3-8,10,22H,2,9,11H2,1H3. The maximum atomic E-state index is 11.2. The molecule has 1 aromatic heterocycles. The molecular formula is C18H17BrN2O3. The van der Waals surface area contributed by atoms with Gasteiger partial charge in [-0.15, -0.1) is 4.91 Å². The lowest BCUT2D eigenvalue weighted by atomic mass is 10.2. The number of halogens is 1. The van der Waals surface area contributed by atoms with Crippen molar-refractivity contribution in [1.29, 1.82) is 0 Å². The molecule has 0 saturated carbocycles. The molecule has 0 amide bonds. The van der Waals surface area contributed by atoms with Gasteiger partial charge in [0.25, 0.3) is 0 Å². The molecule has 0 radical (unpaired) electrons. The van der Waals surface area contributed by atoms with Crippen LogP contribution < -0.4 is 4.74 Å². The van der Waals surface area contributed by atoms with Gasteiger partial charge >= 0.3 is 0 Å². The van der Waals surface area contributed by atoms with Crippen molar-refractivity contribution in [3.8, 4) is 11.6 Å². The van der Waals surface area contributed by atoms with E-state index in [2.05, 4.69) is 21.1 Å². The Morgan fingerprint density at radius 3 is 2.79 bits per heavy atom. The van der Waals surface area contributed by atoms with Crippen LogP contribution in [0.25, 0.3) is 10.9 Å². The van der Waals surface area contributed by atoms with Gasteiger partial charge < -0.3 is 14.4 Å². The Kier molecular flexibility index (Phi) is 4.85. The molecule has 1 heterocycles. The number of nitroso groups, excluding NO2 is 1. The van der Waals surface area contributed by atoms with Crippen LogP contribution in [0.1, 0.15) is 18.9 Å². The number of hydrogen-bond donors (Lipinski definition) is 1. The molecule has 5 nitrogen and oxygen atoms in total. The number of rotatable bonds is 6. The first kappa shape index (κ1) is 16.5. The third kappa shape index (κ3) is 3.01. The predicted octanol–water partition coefficient (Wildman–Crippen LogP) is 5.34. The molecule has 0 aliphatic carbocycles. The normalized spacial score (nSPS) is 10.9. The number of aromatic nitrogens is 1. The summed E-state index contributed by atoms with van der Waals surface area (Å²) in [4.78, 5) is 11.2. The molecule has 0 saturated heterocycles. The van der Waals surface area contributed by atoms with Crippen molar-refractivity contribution in [3.05, 3.63) is 57.4 Å². The fourth-order valence-electron chi connectivity index (χ4n) is 2.70. The molecule has 0 unspecified atom stereocenters. The maximum Gasteiger partial charge on any atom is 0.222 e. The van der Waals surface area contributed by atoms with Gasteiger partial charge in [-0.1, -0.05) is 41.1 Å². The zero-order valence-electron chi connectivity index (χ0n) is 13.2. The van der Waals surface area contributed by atoms with E-state index in [1.54, 1.807) is 10.6 Å². The van der Waals surface area contributed by atoms with E-state index in [9.17, 15) is 10.0 Å². The number of benzene rings is 2. The van der Waals surface area contributed by atoms with Gasteiger partial charge in [-0.05, 0) is 35.9 Å². The molecular weight excluding hydrogens is 372 g/mol. The highest BCUT2D eigenvalue weighted by Crippen LogP contribution is 2.40. The summed E-state index contributed by atoms with van der Waals surface area (Å²) in [6.45, 7) is 3.07. The average molecular weight is 389 g/mol. The van der Waals surface area contributed by atoms with Crippen LogP contribution in [0.5, 0.6) is 11.6 Å². The Morgan fingerprint density at radius 1 is 1.25 bits per heavy atom. The molecule has 0 fully saturated rings. The number of ether oxygens (including phenoxy) is 1. The first-order valence-corrected chi connectivity index (χ1v) is 8.49. The van der Waals surface area contributed by atoms with Gasteiger partial charge in [0.05, 0.1) is 18.7 Å². The molecule has 3 rings (SSSR count). The van der Waals surface area contributed by atoms with Crippen LogP contribution >= 0.6 is 15.9 Å². The zero-order chi connectivity index (χ0) is 17.1. The molecule has 0 bridgehead atoms. The van der Waals surface area contributed by atoms with Crippen molar-refractivity contribution >= 4 is 32.5 Å². The SMILES string of the molecule is CCCOc1ccccc1Cn1c(O)c(N=O)c2cc(Br)ccc21. The van der Waals surface area contributed by atoms with Gasteiger partial charge in [-0.2, -0.15) is 0 Å². The third-order valence-corrected chi connectivity index (χ3v) is 4.32. The lowest BCUT2D eigenvalue weighted by Gasteiger charge is -2.13. The molecule has 0 atom stereocenters. The van der Waals surface area contributed by atoms with E-state index < -0.39 is 0 Å². The molecule has 0 aliphatic rings. The summed E-state index contributed by atoms with van der Waals surface area (Å²) >= 11 is 3.38. The van der Waals surface area contributed by atoms with Crippen LogP contribution in [-0.4, -0.2) is 16.3 Å². The molecule has 24 heavy (non-hydrogen) atoms. The highest BCUT2D eigenvalue weighted by molar-refractivity contribution is 9.10. The van der Waals surface area contributed by atoms with Crippen molar-refractivity contribution in [1.82, 2.24) is 4.57 Å². The highest BCUT2D eigenvalue weighted by atomic mass is 79.9. The molecule has 2 aromatic carbocycles. The van der Waals surface area contributed by atoms with Gasteiger partial charge in [0.1, 0.15) is 5.75 Å². The minimum atomic E-state index is -0.136. The Bertz CT molecular complexity index is 889. The van der Waals surface area contributed by atoms with E-state index in [0.29, 0.717) is 18.5 Å². The second-order valence-electron chi connectivity index (χ2n) is 5.47. The molecule has 0 aliphatic heterocycles. The van der Waals surface area contributed by atoms with Gasteiger partial charge in [-0.25, -0.2) is 0 Å². The van der Waals surface area contributed by atoms with Crippen LogP contribution in [0.3, 0.4) is 0 Å². The summed E-state index contributed by atoms with van der Waals surface area (Å²) in [5.74, 6) is 0.640. The van der Waals surface area contributed by atoms with Crippen molar-refractivity contribution in [2.75, 3.05) is 6.61 Å². The van der Waals surface area contributed by atoms with E-state index in [1.165, 1.54) is 0 Å². The van der Waals surface area contributed by atoms with Crippen LogP contribution in [-0.2, 0) is 6.54 Å². The summed E-state index contributed by atoms with van der Waals surface area (Å²) in [7, 11) is 0. The third-order valence-electron chi connectivity index (χ3n) is 3.83. The number of nitrogens with zero attached hydrogens (tertiary/aromatic N) is 2. The van der Waals surface area contributed by atoms with Crippen molar-refractivity contribution in [2.45, 2.75) is 19.9 Å². The van der Waals surface area contributed by atoms with Crippen LogP contribution in [0.4, 0.5) is 5.69 Å². The minimum Gasteiger partial charge on any atom is -0.493 e. The van der Waals surface area contributed by atoms with Gasteiger partial charge in [0.2, 0.25) is 5.88 Å².